The molecule has 1 aromatic heterocycles. The minimum absolute atomic E-state index is 0.551. The molecule has 2 aliphatic heterocycles. The topological polar surface area (TPSA) is 59.6 Å². The fraction of sp³-hybridized carbons (Fsp3) is 0.370. The molecule has 0 bridgehead atoms. The van der Waals surface area contributed by atoms with Gasteiger partial charge in [0.15, 0.2) is 5.11 Å². The van der Waals surface area contributed by atoms with E-state index >= 15 is 0 Å². The van der Waals surface area contributed by atoms with Crippen LogP contribution in [0.4, 0.5) is 23.3 Å². The normalized spacial score (nSPS) is 15.5. The van der Waals surface area contributed by atoms with E-state index in [-0.39, 0.29) is 0 Å². The molecule has 182 valence electrons. The number of thiocarbonyl (C=S) groups is 1. The number of rotatable bonds is 6. The predicted molar refractivity (Wildman–Crippen MR) is 149 cm³/mol. The van der Waals surface area contributed by atoms with E-state index < -0.39 is 0 Å². The van der Waals surface area contributed by atoms with Crippen molar-refractivity contribution in [1.82, 2.24) is 15.3 Å². The quantitative estimate of drug-likeness (QED) is 0.505. The Hall–Kier alpha value is -3.39. The second-order valence-electron chi connectivity index (χ2n) is 9.04. The summed E-state index contributed by atoms with van der Waals surface area (Å²) in [6.07, 6.45) is 2.03. The Labute approximate surface area is 213 Å². The summed E-state index contributed by atoms with van der Waals surface area (Å²) in [6, 6.07) is 21.5. The van der Waals surface area contributed by atoms with Gasteiger partial charge in [-0.1, -0.05) is 49.4 Å². The molecule has 0 aliphatic carbocycles. The Kier molecular flexibility index (Phi) is 7.28. The van der Waals surface area contributed by atoms with Crippen LogP contribution >= 0.6 is 12.2 Å². The number of nitrogens with zero attached hydrogens (tertiary/aromatic N) is 5. The van der Waals surface area contributed by atoms with Crippen molar-refractivity contribution in [2.75, 3.05) is 59.3 Å². The van der Waals surface area contributed by atoms with Crippen LogP contribution in [0, 0.1) is 0 Å². The molecule has 1 fully saturated rings. The summed E-state index contributed by atoms with van der Waals surface area (Å²) in [4.78, 5) is 16.9. The number of aromatic nitrogens is 2. The first kappa shape index (κ1) is 23.4. The molecule has 7 nitrogen and oxygen atoms in total. The molecular formula is C27H33N7S. The minimum Gasteiger partial charge on any atom is -0.368 e. The zero-order valence-corrected chi connectivity index (χ0v) is 21.1. The van der Waals surface area contributed by atoms with Gasteiger partial charge in [-0.2, -0.15) is 9.97 Å². The van der Waals surface area contributed by atoms with Crippen LogP contribution in [-0.2, 0) is 13.0 Å². The lowest BCUT2D eigenvalue weighted by atomic mass is 10.00. The third kappa shape index (κ3) is 5.65. The fourth-order valence-corrected chi connectivity index (χ4v) is 4.90. The number of benzene rings is 2. The molecule has 0 radical (unpaired) electrons. The van der Waals surface area contributed by atoms with Gasteiger partial charge in [-0.15, -0.1) is 0 Å². The third-order valence-corrected chi connectivity index (χ3v) is 6.89. The molecule has 8 heteroatoms. The average Bonchev–Trinajstić information content (AvgIpc) is 2.92. The number of hydrogen-bond acceptors (Lipinski definition) is 6. The zero-order chi connectivity index (χ0) is 24.0. The number of piperazine rings is 1. The molecule has 0 atom stereocenters. The molecule has 0 unspecified atom stereocenters. The summed E-state index contributed by atoms with van der Waals surface area (Å²) >= 11 is 5.49. The first-order valence-corrected chi connectivity index (χ1v) is 12.9. The van der Waals surface area contributed by atoms with Gasteiger partial charge in [-0.05, 0) is 48.3 Å². The lowest BCUT2D eigenvalue weighted by Crippen LogP contribution is -2.47. The van der Waals surface area contributed by atoms with Crippen molar-refractivity contribution in [3.05, 3.63) is 71.8 Å². The summed E-state index contributed by atoms with van der Waals surface area (Å²) in [5, 5.41) is 7.01. The van der Waals surface area contributed by atoms with Gasteiger partial charge in [0, 0.05) is 57.6 Å². The number of nitrogens with one attached hydrogen (secondary N) is 2. The van der Waals surface area contributed by atoms with Gasteiger partial charge >= 0.3 is 0 Å². The van der Waals surface area contributed by atoms with Gasteiger partial charge in [0.25, 0.3) is 0 Å². The van der Waals surface area contributed by atoms with Gasteiger partial charge in [0.2, 0.25) is 5.95 Å². The maximum Gasteiger partial charge on any atom is 0.232 e. The second-order valence-corrected chi connectivity index (χ2v) is 9.45. The molecule has 2 N–H and O–H groups in total. The highest BCUT2D eigenvalue weighted by molar-refractivity contribution is 7.80. The summed E-state index contributed by atoms with van der Waals surface area (Å²) < 4.78 is 0. The highest BCUT2D eigenvalue weighted by Gasteiger charge is 2.23. The molecule has 35 heavy (non-hydrogen) atoms. The van der Waals surface area contributed by atoms with Crippen LogP contribution in [-0.4, -0.2) is 54.3 Å². The van der Waals surface area contributed by atoms with E-state index in [0.29, 0.717) is 11.1 Å². The summed E-state index contributed by atoms with van der Waals surface area (Å²) in [7, 11) is 0. The van der Waals surface area contributed by atoms with Gasteiger partial charge in [0.1, 0.15) is 11.6 Å². The van der Waals surface area contributed by atoms with Gasteiger partial charge < -0.3 is 25.3 Å². The Morgan fingerprint density at radius 1 is 0.829 bits per heavy atom. The predicted octanol–water partition coefficient (Wildman–Crippen LogP) is 4.06. The molecule has 3 heterocycles. The standard InChI is InChI=1S/C27H33N7S/c1-2-13-28-27(35)31-26-29-24(33-17-15-32(16-18-33)23-10-4-3-5-11-23)19-25(30-26)34-14-12-21-8-6-7-9-22(21)20-34/h3-11,19H,2,12-18,20H2,1H3,(H2,28,29,30,31,35). The summed E-state index contributed by atoms with van der Waals surface area (Å²) in [5.41, 5.74) is 4.07. The number of para-hydroxylation sites is 1. The van der Waals surface area contributed by atoms with Crippen LogP contribution in [0.5, 0.6) is 0 Å². The van der Waals surface area contributed by atoms with E-state index in [1.165, 1.54) is 16.8 Å². The number of anilines is 4. The van der Waals surface area contributed by atoms with Crippen molar-refractivity contribution >= 4 is 40.6 Å². The molecule has 2 aromatic carbocycles. The van der Waals surface area contributed by atoms with Crippen molar-refractivity contribution in [2.24, 2.45) is 0 Å². The van der Waals surface area contributed by atoms with E-state index in [9.17, 15) is 0 Å². The van der Waals surface area contributed by atoms with Crippen molar-refractivity contribution in [2.45, 2.75) is 26.3 Å². The van der Waals surface area contributed by atoms with Crippen LogP contribution in [0.25, 0.3) is 0 Å². The van der Waals surface area contributed by atoms with Crippen molar-refractivity contribution in [3.8, 4) is 0 Å². The van der Waals surface area contributed by atoms with Gasteiger partial charge in [-0.3, -0.25) is 0 Å². The maximum absolute atomic E-state index is 5.49. The summed E-state index contributed by atoms with van der Waals surface area (Å²) in [6.45, 7) is 8.47. The van der Waals surface area contributed by atoms with Crippen LogP contribution in [0.2, 0.25) is 0 Å². The summed E-state index contributed by atoms with van der Waals surface area (Å²) in [5.74, 6) is 2.44. The highest BCUT2D eigenvalue weighted by Crippen LogP contribution is 2.28. The Morgan fingerprint density at radius 3 is 2.23 bits per heavy atom. The Morgan fingerprint density at radius 2 is 1.49 bits per heavy atom. The maximum atomic E-state index is 5.49. The first-order chi connectivity index (χ1) is 17.2. The fourth-order valence-electron chi connectivity index (χ4n) is 4.71. The molecule has 0 spiro atoms. The van der Waals surface area contributed by atoms with E-state index in [2.05, 4.69) is 92.9 Å². The average molecular weight is 488 g/mol. The lowest BCUT2D eigenvalue weighted by molar-refractivity contribution is 0.646. The molecular weight excluding hydrogens is 454 g/mol. The largest absolute Gasteiger partial charge is 0.368 e. The van der Waals surface area contributed by atoms with Crippen LogP contribution in [0.3, 0.4) is 0 Å². The molecule has 3 aromatic rings. The van der Waals surface area contributed by atoms with Crippen LogP contribution in [0.15, 0.2) is 60.7 Å². The van der Waals surface area contributed by atoms with E-state index in [1.54, 1.807) is 0 Å². The Bertz CT molecular complexity index is 1150. The lowest BCUT2D eigenvalue weighted by Gasteiger charge is -2.37. The van der Waals surface area contributed by atoms with Crippen molar-refractivity contribution in [1.29, 1.82) is 0 Å². The molecule has 2 aliphatic rings. The minimum atomic E-state index is 0.551. The van der Waals surface area contributed by atoms with E-state index in [4.69, 9.17) is 22.2 Å². The monoisotopic (exact) mass is 487 g/mol. The van der Waals surface area contributed by atoms with E-state index in [1.807, 2.05) is 0 Å². The Balaban J connectivity index is 1.36. The smallest absolute Gasteiger partial charge is 0.232 e. The zero-order valence-electron chi connectivity index (χ0n) is 20.3. The van der Waals surface area contributed by atoms with Crippen LogP contribution < -0.4 is 25.3 Å². The number of hydrogen-bond donors (Lipinski definition) is 2. The van der Waals surface area contributed by atoms with Crippen molar-refractivity contribution in [3.63, 3.8) is 0 Å². The molecule has 0 amide bonds. The van der Waals surface area contributed by atoms with Gasteiger partial charge in [0.05, 0.1) is 0 Å². The second kappa shape index (κ2) is 10.9. The van der Waals surface area contributed by atoms with Gasteiger partial charge in [-0.25, -0.2) is 0 Å². The number of fused-ring (bicyclic) bond motifs is 1. The third-order valence-electron chi connectivity index (χ3n) is 6.64. The molecule has 1 saturated heterocycles. The molecule has 5 rings (SSSR count). The first-order valence-electron chi connectivity index (χ1n) is 12.5. The van der Waals surface area contributed by atoms with Crippen LogP contribution in [0.1, 0.15) is 24.5 Å². The highest BCUT2D eigenvalue weighted by atomic mass is 32.1. The van der Waals surface area contributed by atoms with Crippen molar-refractivity contribution < 1.29 is 0 Å². The van der Waals surface area contributed by atoms with E-state index in [0.717, 1.165) is 70.3 Å². The SMILES string of the molecule is CCCNC(=S)Nc1nc(N2CCN(c3ccccc3)CC2)cc(N2CCc3ccccc3C2)n1. The molecule has 0 saturated carbocycles.